The molecule has 0 saturated carbocycles. The maximum atomic E-state index is 10.8. The Morgan fingerprint density at radius 2 is 2.25 bits per heavy atom. The van der Waals surface area contributed by atoms with E-state index in [-0.39, 0.29) is 0 Å². The Kier molecular flexibility index (Phi) is 4.07. The molecular formula is C17H16N6O. The number of rotatable bonds is 4. The molecule has 2 amide bonds. The van der Waals surface area contributed by atoms with Crippen LogP contribution >= 0.6 is 0 Å². The van der Waals surface area contributed by atoms with Crippen molar-refractivity contribution in [3.8, 4) is 11.4 Å². The van der Waals surface area contributed by atoms with E-state index in [1.54, 1.807) is 24.8 Å². The molecule has 0 unspecified atom stereocenters. The fraction of sp³-hybridized carbons (Fsp3) is 0.0588. The maximum Gasteiger partial charge on any atom is 0.332 e. The molecule has 3 N–H and O–H groups in total. The second-order valence-electron chi connectivity index (χ2n) is 5.20. The molecule has 0 saturated heterocycles. The number of pyridine rings is 1. The van der Waals surface area contributed by atoms with Crippen LogP contribution < -0.4 is 11.2 Å². The van der Waals surface area contributed by atoms with Crippen LogP contribution in [0, 0.1) is 0 Å². The van der Waals surface area contributed by atoms with Crippen molar-refractivity contribution in [2.24, 2.45) is 17.9 Å². The number of benzene rings is 1. The fourth-order valence-electron chi connectivity index (χ4n) is 2.41. The molecule has 3 rings (SSSR count). The summed E-state index contributed by atoms with van der Waals surface area (Å²) in [6, 6.07) is 7.00. The SMILES string of the molecule is C=Cc1ccc2c(/C=N/NC(N)=O)cc(-c3cncn3C)nc2c1. The lowest BCUT2D eigenvalue weighted by atomic mass is 10.0. The maximum absolute atomic E-state index is 10.8. The van der Waals surface area contributed by atoms with Crippen LogP contribution in [0.25, 0.3) is 28.4 Å². The van der Waals surface area contributed by atoms with Gasteiger partial charge < -0.3 is 10.3 Å². The zero-order valence-electron chi connectivity index (χ0n) is 13.1. The van der Waals surface area contributed by atoms with Crippen LogP contribution in [-0.4, -0.2) is 26.8 Å². The normalized spacial score (nSPS) is 11.0. The lowest BCUT2D eigenvalue weighted by molar-refractivity contribution is 0.249. The van der Waals surface area contributed by atoms with Crippen LogP contribution in [-0.2, 0) is 7.05 Å². The number of urea groups is 1. The number of aryl methyl sites for hydroxylation is 1. The highest BCUT2D eigenvalue weighted by atomic mass is 16.2. The Morgan fingerprint density at radius 1 is 1.42 bits per heavy atom. The number of carbonyl (C=O) groups excluding carboxylic acids is 1. The third kappa shape index (κ3) is 3.00. The van der Waals surface area contributed by atoms with Gasteiger partial charge in [-0.25, -0.2) is 20.2 Å². The summed E-state index contributed by atoms with van der Waals surface area (Å²) in [6.45, 7) is 3.79. The van der Waals surface area contributed by atoms with Gasteiger partial charge in [-0.2, -0.15) is 5.10 Å². The number of hydrazone groups is 1. The number of hydrogen-bond acceptors (Lipinski definition) is 4. The number of imidazole rings is 1. The smallest absolute Gasteiger partial charge is 0.332 e. The zero-order chi connectivity index (χ0) is 17.1. The largest absolute Gasteiger partial charge is 0.350 e. The highest BCUT2D eigenvalue weighted by Crippen LogP contribution is 2.24. The minimum atomic E-state index is -0.717. The molecule has 7 heteroatoms. The van der Waals surface area contributed by atoms with E-state index in [0.717, 1.165) is 33.4 Å². The quantitative estimate of drug-likeness (QED) is 0.570. The highest BCUT2D eigenvalue weighted by molar-refractivity contribution is 6.00. The molecule has 7 nitrogen and oxygen atoms in total. The van der Waals surface area contributed by atoms with Crippen LogP contribution in [0.3, 0.4) is 0 Å². The van der Waals surface area contributed by atoms with Gasteiger partial charge in [0.15, 0.2) is 0 Å². The number of nitrogens with zero attached hydrogens (tertiary/aromatic N) is 4. The monoisotopic (exact) mass is 320 g/mol. The first-order valence-corrected chi connectivity index (χ1v) is 7.21. The van der Waals surface area contributed by atoms with Crippen molar-refractivity contribution in [2.75, 3.05) is 0 Å². The van der Waals surface area contributed by atoms with Gasteiger partial charge in [-0.1, -0.05) is 24.8 Å². The van der Waals surface area contributed by atoms with Crippen molar-refractivity contribution >= 4 is 29.2 Å². The molecule has 0 fully saturated rings. The Hall–Kier alpha value is -3.48. The second kappa shape index (κ2) is 6.33. The third-order valence-corrected chi connectivity index (χ3v) is 3.56. The van der Waals surface area contributed by atoms with E-state index in [9.17, 15) is 4.79 Å². The summed E-state index contributed by atoms with van der Waals surface area (Å²) in [5.41, 5.74) is 11.4. The fourth-order valence-corrected chi connectivity index (χ4v) is 2.41. The van der Waals surface area contributed by atoms with E-state index in [4.69, 9.17) is 10.7 Å². The van der Waals surface area contributed by atoms with Gasteiger partial charge in [0.1, 0.15) is 0 Å². The van der Waals surface area contributed by atoms with Crippen LogP contribution in [0.5, 0.6) is 0 Å². The summed E-state index contributed by atoms with van der Waals surface area (Å²) in [4.78, 5) is 19.6. The van der Waals surface area contributed by atoms with Crippen molar-refractivity contribution in [2.45, 2.75) is 0 Å². The first kappa shape index (κ1) is 15.4. The van der Waals surface area contributed by atoms with E-state index < -0.39 is 6.03 Å². The molecular weight excluding hydrogens is 304 g/mol. The summed E-state index contributed by atoms with van der Waals surface area (Å²) in [6.07, 6.45) is 6.76. The van der Waals surface area contributed by atoms with E-state index in [1.807, 2.05) is 35.9 Å². The van der Waals surface area contributed by atoms with E-state index >= 15 is 0 Å². The summed E-state index contributed by atoms with van der Waals surface area (Å²) in [5.74, 6) is 0. The Morgan fingerprint density at radius 3 is 2.92 bits per heavy atom. The molecule has 0 radical (unpaired) electrons. The van der Waals surface area contributed by atoms with Crippen molar-refractivity contribution in [1.82, 2.24) is 20.0 Å². The van der Waals surface area contributed by atoms with Crippen molar-refractivity contribution in [1.29, 1.82) is 0 Å². The van der Waals surface area contributed by atoms with Gasteiger partial charge in [0.25, 0.3) is 0 Å². The zero-order valence-corrected chi connectivity index (χ0v) is 13.1. The number of nitrogens with one attached hydrogen (secondary N) is 1. The molecule has 2 aromatic heterocycles. The number of nitrogens with two attached hydrogens (primary N) is 1. The van der Waals surface area contributed by atoms with E-state index in [1.165, 1.54) is 0 Å². The van der Waals surface area contributed by atoms with Gasteiger partial charge in [-0.05, 0) is 17.7 Å². The Bertz CT molecular complexity index is 957. The lowest BCUT2D eigenvalue weighted by Gasteiger charge is -2.08. The Labute approximate surface area is 138 Å². The predicted octanol–water partition coefficient (Wildman–Crippen LogP) is 2.28. The molecule has 0 spiro atoms. The predicted molar refractivity (Wildman–Crippen MR) is 94.3 cm³/mol. The summed E-state index contributed by atoms with van der Waals surface area (Å²) < 4.78 is 1.88. The molecule has 0 aliphatic heterocycles. The van der Waals surface area contributed by atoms with Crippen molar-refractivity contribution < 1.29 is 4.79 Å². The van der Waals surface area contributed by atoms with Crippen LogP contribution in [0.1, 0.15) is 11.1 Å². The minimum absolute atomic E-state index is 0.717. The molecule has 0 bridgehead atoms. The minimum Gasteiger partial charge on any atom is -0.350 e. The van der Waals surface area contributed by atoms with Gasteiger partial charge in [-0.15, -0.1) is 0 Å². The molecule has 2 heterocycles. The third-order valence-electron chi connectivity index (χ3n) is 3.56. The molecule has 24 heavy (non-hydrogen) atoms. The van der Waals surface area contributed by atoms with E-state index in [0.29, 0.717) is 0 Å². The number of fused-ring (bicyclic) bond motifs is 1. The van der Waals surface area contributed by atoms with E-state index in [2.05, 4.69) is 22.1 Å². The standard InChI is InChI=1S/C17H16N6O/c1-3-11-4-5-13-12(8-20-22-17(18)24)7-15(21-14(13)6-11)16-9-19-10-23(16)2/h3-10H,1H2,2H3,(H3,18,22,24)/b20-8+. The topological polar surface area (TPSA) is 98.2 Å². The summed E-state index contributed by atoms with van der Waals surface area (Å²) >= 11 is 0. The van der Waals surface area contributed by atoms with Gasteiger partial charge in [-0.3, -0.25) is 0 Å². The molecule has 120 valence electrons. The van der Waals surface area contributed by atoms with Crippen LogP contribution in [0.2, 0.25) is 0 Å². The summed E-state index contributed by atoms with van der Waals surface area (Å²) in [7, 11) is 1.90. The lowest BCUT2D eigenvalue weighted by Crippen LogP contribution is -2.24. The van der Waals surface area contributed by atoms with Gasteiger partial charge in [0, 0.05) is 18.0 Å². The highest BCUT2D eigenvalue weighted by Gasteiger charge is 2.09. The first-order valence-electron chi connectivity index (χ1n) is 7.21. The van der Waals surface area contributed by atoms with Crippen molar-refractivity contribution in [3.05, 3.63) is 54.5 Å². The molecule has 3 aromatic rings. The van der Waals surface area contributed by atoms with Gasteiger partial charge in [0.05, 0.1) is 35.6 Å². The average molecular weight is 320 g/mol. The number of carbonyl (C=O) groups is 1. The van der Waals surface area contributed by atoms with Gasteiger partial charge in [0.2, 0.25) is 0 Å². The first-order chi connectivity index (χ1) is 11.6. The molecule has 1 aromatic carbocycles. The second-order valence-corrected chi connectivity index (χ2v) is 5.20. The molecule has 0 aliphatic carbocycles. The van der Waals surface area contributed by atoms with Crippen LogP contribution in [0.15, 0.2) is 48.5 Å². The average Bonchev–Trinajstić information content (AvgIpc) is 2.99. The van der Waals surface area contributed by atoms with Crippen LogP contribution in [0.4, 0.5) is 4.79 Å². The van der Waals surface area contributed by atoms with Crippen molar-refractivity contribution in [3.63, 3.8) is 0 Å². The number of primary amides is 1. The number of amides is 2. The number of hydrogen-bond donors (Lipinski definition) is 2. The number of aromatic nitrogens is 3. The molecule has 0 aliphatic rings. The molecule has 0 atom stereocenters. The van der Waals surface area contributed by atoms with Gasteiger partial charge >= 0.3 is 6.03 Å². The summed E-state index contributed by atoms with van der Waals surface area (Å²) in [5, 5.41) is 4.76. The Balaban J connectivity index is 2.19.